The molecule has 2 aliphatic heterocycles. The van der Waals surface area contributed by atoms with Gasteiger partial charge in [0.2, 0.25) is 5.91 Å². The van der Waals surface area contributed by atoms with Crippen molar-refractivity contribution in [2.24, 2.45) is 10.4 Å². The van der Waals surface area contributed by atoms with Gasteiger partial charge < -0.3 is 15.5 Å². The summed E-state index contributed by atoms with van der Waals surface area (Å²) >= 11 is 0. The monoisotopic (exact) mass is 395 g/mol. The summed E-state index contributed by atoms with van der Waals surface area (Å²) in [6.07, 6.45) is 8.29. The number of imidazole rings is 1. The molecule has 0 bridgehead atoms. The predicted octanol–water partition coefficient (Wildman–Crippen LogP) is 1.64. The van der Waals surface area contributed by atoms with Crippen molar-refractivity contribution in [1.82, 2.24) is 30.1 Å². The number of hydrogen-bond donors (Lipinski definition) is 2. The molecule has 29 heavy (non-hydrogen) atoms. The minimum atomic E-state index is 0.0406. The summed E-state index contributed by atoms with van der Waals surface area (Å²) in [6, 6.07) is 4.01. The van der Waals surface area contributed by atoms with Gasteiger partial charge in [0.25, 0.3) is 0 Å². The molecule has 2 saturated heterocycles. The Balaban J connectivity index is 1.56. The van der Waals surface area contributed by atoms with Crippen molar-refractivity contribution in [3.63, 3.8) is 0 Å². The zero-order chi connectivity index (χ0) is 20.3. The third kappa shape index (κ3) is 4.11. The lowest BCUT2D eigenvalue weighted by Crippen LogP contribution is -2.51. The van der Waals surface area contributed by atoms with E-state index in [2.05, 4.69) is 38.5 Å². The molecule has 8 nitrogen and oxygen atoms in total. The Bertz CT molecular complexity index is 906. The molecule has 2 N–H and O–H groups in total. The van der Waals surface area contributed by atoms with Crippen molar-refractivity contribution in [3.8, 4) is 5.82 Å². The van der Waals surface area contributed by atoms with Gasteiger partial charge in [0.05, 0.1) is 6.54 Å². The first-order valence-corrected chi connectivity index (χ1v) is 10.3. The fraction of sp³-hybridized carbons (Fsp3) is 0.524. The summed E-state index contributed by atoms with van der Waals surface area (Å²) < 4.78 is 1.99. The molecule has 0 saturated carbocycles. The number of nitrogens with zero attached hydrogens (tertiary/aromatic N) is 5. The number of guanidine groups is 1. The molecule has 1 amide bonds. The molecule has 1 atom stereocenters. The number of aryl methyl sites for hydroxylation is 1. The number of likely N-dealkylation sites (tertiary alicyclic amines) is 1. The lowest BCUT2D eigenvalue weighted by molar-refractivity contribution is -0.119. The molecule has 2 aromatic rings. The summed E-state index contributed by atoms with van der Waals surface area (Å²) in [5, 5.41) is 6.45. The van der Waals surface area contributed by atoms with Crippen molar-refractivity contribution in [3.05, 3.63) is 42.1 Å². The molecule has 0 aliphatic carbocycles. The topological polar surface area (TPSA) is 87.4 Å². The Hall–Kier alpha value is -2.90. The number of aliphatic imine (C=N–C) groups is 1. The van der Waals surface area contributed by atoms with Crippen LogP contribution in [0, 0.1) is 12.3 Å². The first-order valence-electron chi connectivity index (χ1n) is 10.3. The highest BCUT2D eigenvalue weighted by atomic mass is 16.1. The number of amides is 1. The number of carbonyl (C=O) groups excluding carboxylic acids is 1. The van der Waals surface area contributed by atoms with E-state index >= 15 is 0 Å². The van der Waals surface area contributed by atoms with Crippen molar-refractivity contribution in [2.45, 2.75) is 39.7 Å². The Kier molecular flexibility index (Phi) is 5.51. The van der Waals surface area contributed by atoms with Gasteiger partial charge in [-0.25, -0.2) is 15.0 Å². The van der Waals surface area contributed by atoms with Crippen molar-refractivity contribution in [1.29, 1.82) is 0 Å². The molecule has 4 rings (SSSR count). The molecule has 2 aromatic heterocycles. The van der Waals surface area contributed by atoms with E-state index in [-0.39, 0.29) is 11.3 Å². The lowest BCUT2D eigenvalue weighted by Gasteiger charge is -2.40. The zero-order valence-corrected chi connectivity index (χ0v) is 17.2. The van der Waals surface area contributed by atoms with Crippen LogP contribution in [-0.2, 0) is 11.3 Å². The third-order valence-electron chi connectivity index (χ3n) is 5.81. The molecule has 1 spiro atoms. The molecule has 2 fully saturated rings. The number of carbonyl (C=O) groups is 1. The number of rotatable bonds is 4. The average molecular weight is 396 g/mol. The molecule has 154 valence electrons. The summed E-state index contributed by atoms with van der Waals surface area (Å²) in [5.74, 6) is 2.84. The molecule has 0 aromatic carbocycles. The van der Waals surface area contributed by atoms with E-state index in [1.807, 2.05) is 23.8 Å². The maximum absolute atomic E-state index is 11.8. The van der Waals surface area contributed by atoms with Gasteiger partial charge in [-0.15, -0.1) is 0 Å². The van der Waals surface area contributed by atoms with Crippen molar-refractivity contribution < 1.29 is 4.79 Å². The van der Waals surface area contributed by atoms with Gasteiger partial charge in [0, 0.05) is 62.2 Å². The Morgan fingerprint density at radius 1 is 1.38 bits per heavy atom. The first kappa shape index (κ1) is 19.4. The van der Waals surface area contributed by atoms with Crippen LogP contribution in [-0.4, -0.2) is 57.5 Å². The normalized spacial score (nSPS) is 22.2. The van der Waals surface area contributed by atoms with E-state index in [0.29, 0.717) is 13.0 Å². The van der Waals surface area contributed by atoms with Crippen LogP contribution in [0.4, 0.5) is 0 Å². The summed E-state index contributed by atoms with van der Waals surface area (Å²) in [6.45, 7) is 7.98. The van der Waals surface area contributed by atoms with Crippen LogP contribution in [0.15, 0.2) is 35.7 Å². The molecule has 8 heteroatoms. The van der Waals surface area contributed by atoms with Gasteiger partial charge in [-0.05, 0) is 32.8 Å². The average Bonchev–Trinajstić information content (AvgIpc) is 3.31. The fourth-order valence-electron chi connectivity index (χ4n) is 4.39. The zero-order valence-electron chi connectivity index (χ0n) is 17.2. The Morgan fingerprint density at radius 3 is 3.00 bits per heavy atom. The third-order valence-corrected chi connectivity index (χ3v) is 5.81. The summed E-state index contributed by atoms with van der Waals surface area (Å²) in [4.78, 5) is 27.9. The van der Waals surface area contributed by atoms with Crippen LogP contribution in [0.1, 0.15) is 37.6 Å². The Morgan fingerprint density at radius 2 is 2.28 bits per heavy atom. The van der Waals surface area contributed by atoms with Gasteiger partial charge in [0.1, 0.15) is 11.6 Å². The second-order valence-corrected chi connectivity index (χ2v) is 7.98. The Labute approximate surface area is 171 Å². The molecule has 2 aliphatic rings. The molecular weight excluding hydrogens is 366 g/mol. The van der Waals surface area contributed by atoms with Crippen LogP contribution < -0.4 is 10.6 Å². The quantitative estimate of drug-likeness (QED) is 0.607. The summed E-state index contributed by atoms with van der Waals surface area (Å²) in [7, 11) is 0. The van der Waals surface area contributed by atoms with Gasteiger partial charge >= 0.3 is 0 Å². The lowest BCUT2D eigenvalue weighted by atomic mass is 9.79. The van der Waals surface area contributed by atoms with E-state index in [9.17, 15) is 4.79 Å². The summed E-state index contributed by atoms with van der Waals surface area (Å²) in [5.41, 5.74) is 1.09. The standard InChI is InChI=1S/C21H29N7O/c1-3-22-20(27-10-5-7-21(15-27)12-18(29)26-14-21)25-13-17-6-4-8-24-19(17)28-11-9-23-16(28)2/h4,6,8-9,11H,3,5,7,10,12-15H2,1-2H3,(H,22,25)(H,26,29). The second-order valence-electron chi connectivity index (χ2n) is 7.98. The minimum Gasteiger partial charge on any atom is -0.357 e. The van der Waals surface area contributed by atoms with E-state index in [0.717, 1.165) is 62.2 Å². The van der Waals surface area contributed by atoms with Gasteiger partial charge in [-0.2, -0.15) is 0 Å². The van der Waals surface area contributed by atoms with Gasteiger partial charge in [-0.3, -0.25) is 9.36 Å². The number of piperidine rings is 1. The highest BCUT2D eigenvalue weighted by molar-refractivity contribution is 5.81. The van der Waals surface area contributed by atoms with Crippen LogP contribution in [0.25, 0.3) is 5.82 Å². The maximum Gasteiger partial charge on any atom is 0.220 e. The second kappa shape index (κ2) is 8.23. The van der Waals surface area contributed by atoms with Gasteiger partial charge in [-0.1, -0.05) is 6.07 Å². The van der Waals surface area contributed by atoms with Gasteiger partial charge in [0.15, 0.2) is 5.96 Å². The largest absolute Gasteiger partial charge is 0.357 e. The number of nitrogens with one attached hydrogen (secondary N) is 2. The van der Waals surface area contributed by atoms with E-state index in [1.165, 1.54) is 0 Å². The van der Waals surface area contributed by atoms with Crippen LogP contribution in [0.2, 0.25) is 0 Å². The number of pyridine rings is 1. The van der Waals surface area contributed by atoms with Crippen molar-refractivity contribution in [2.75, 3.05) is 26.2 Å². The molecular formula is C21H29N7O. The van der Waals surface area contributed by atoms with Crippen molar-refractivity contribution >= 4 is 11.9 Å². The maximum atomic E-state index is 11.8. The molecule has 0 radical (unpaired) electrons. The first-order chi connectivity index (χ1) is 14.1. The van der Waals surface area contributed by atoms with Crippen LogP contribution >= 0.6 is 0 Å². The van der Waals surface area contributed by atoms with E-state index in [1.54, 1.807) is 12.4 Å². The predicted molar refractivity (Wildman–Crippen MR) is 112 cm³/mol. The SMILES string of the molecule is CCNC(=NCc1cccnc1-n1ccnc1C)N1CCCC2(CNC(=O)C2)C1. The smallest absolute Gasteiger partial charge is 0.220 e. The molecule has 1 unspecified atom stereocenters. The van der Waals surface area contributed by atoms with Crippen LogP contribution in [0.5, 0.6) is 0 Å². The number of aromatic nitrogens is 3. The molecule has 4 heterocycles. The highest BCUT2D eigenvalue weighted by Crippen LogP contribution is 2.36. The fourth-order valence-corrected chi connectivity index (χ4v) is 4.39. The van der Waals surface area contributed by atoms with E-state index in [4.69, 9.17) is 4.99 Å². The van der Waals surface area contributed by atoms with E-state index < -0.39 is 0 Å². The minimum absolute atomic E-state index is 0.0406. The van der Waals surface area contributed by atoms with Crippen LogP contribution in [0.3, 0.4) is 0 Å². The number of hydrogen-bond acceptors (Lipinski definition) is 4. The highest BCUT2D eigenvalue weighted by Gasteiger charge is 2.42.